The first-order valence-corrected chi connectivity index (χ1v) is 9.05. The van der Waals surface area contributed by atoms with Gasteiger partial charge in [-0.3, -0.25) is 0 Å². The van der Waals surface area contributed by atoms with Crippen molar-refractivity contribution in [1.29, 1.82) is 0 Å². The third-order valence-electron chi connectivity index (χ3n) is 4.37. The normalized spacial score (nSPS) is 14.5. The van der Waals surface area contributed by atoms with Gasteiger partial charge < -0.3 is 23.8 Å². The molecule has 148 valence electrons. The van der Waals surface area contributed by atoms with Crippen molar-refractivity contribution >= 4 is 17.4 Å². The summed E-state index contributed by atoms with van der Waals surface area (Å²) in [5.74, 6) is 0.916. The van der Waals surface area contributed by atoms with E-state index < -0.39 is 5.97 Å². The molecule has 0 spiro atoms. The molecule has 1 aromatic heterocycles. The number of benzene rings is 1. The fourth-order valence-electron chi connectivity index (χ4n) is 2.96. The summed E-state index contributed by atoms with van der Waals surface area (Å²) in [5, 5.41) is 0. The maximum Gasteiger partial charge on any atom is 0.341 e. The number of morpholine rings is 1. The van der Waals surface area contributed by atoms with Gasteiger partial charge in [-0.2, -0.15) is 4.98 Å². The second kappa shape index (κ2) is 9.75. The van der Waals surface area contributed by atoms with Gasteiger partial charge in [-0.05, 0) is 17.2 Å². The predicted molar refractivity (Wildman–Crippen MR) is 105 cm³/mol. The molecule has 1 aliphatic rings. The Morgan fingerprint density at radius 3 is 2.68 bits per heavy atom. The molecule has 0 radical (unpaired) electrons. The first-order valence-electron chi connectivity index (χ1n) is 9.05. The maximum absolute atomic E-state index is 12.1. The van der Waals surface area contributed by atoms with Crippen LogP contribution in [0.15, 0.2) is 48.7 Å². The van der Waals surface area contributed by atoms with E-state index in [-0.39, 0.29) is 6.61 Å². The van der Waals surface area contributed by atoms with Gasteiger partial charge in [0.05, 0.1) is 33.7 Å². The third kappa shape index (κ3) is 4.80. The summed E-state index contributed by atoms with van der Waals surface area (Å²) in [6, 6.07) is 13.2. The van der Waals surface area contributed by atoms with Crippen molar-refractivity contribution in [2.75, 3.05) is 45.4 Å². The summed E-state index contributed by atoms with van der Waals surface area (Å²) in [6.07, 6.45) is 1.38. The van der Waals surface area contributed by atoms with Gasteiger partial charge in [-0.25, -0.2) is 4.79 Å². The highest BCUT2D eigenvalue weighted by atomic mass is 16.5. The molecule has 1 fully saturated rings. The molecule has 0 atom stereocenters. The average molecular weight is 384 g/mol. The Bertz CT molecular complexity index is 831. The Morgan fingerprint density at radius 1 is 1.14 bits per heavy atom. The Balaban J connectivity index is 1.76. The monoisotopic (exact) mass is 384 g/mol. The number of hydrogen-bond donors (Lipinski definition) is 0. The van der Waals surface area contributed by atoms with Crippen LogP contribution < -0.4 is 9.64 Å². The van der Waals surface area contributed by atoms with Crippen molar-refractivity contribution in [2.24, 2.45) is 0 Å². The van der Waals surface area contributed by atoms with Crippen LogP contribution in [0.3, 0.4) is 0 Å². The smallest absolute Gasteiger partial charge is 0.341 e. The van der Waals surface area contributed by atoms with Crippen LogP contribution in [0.25, 0.3) is 5.57 Å². The molecule has 0 bridgehead atoms. The molecule has 0 aliphatic carbocycles. The molecule has 2 aromatic rings. The number of rotatable bonds is 7. The van der Waals surface area contributed by atoms with Crippen LogP contribution in [0.5, 0.6) is 5.88 Å². The van der Waals surface area contributed by atoms with Gasteiger partial charge in [0.15, 0.2) is 0 Å². The summed E-state index contributed by atoms with van der Waals surface area (Å²) in [6.45, 7) is 3.27. The van der Waals surface area contributed by atoms with E-state index in [9.17, 15) is 4.79 Å². The zero-order valence-corrected chi connectivity index (χ0v) is 16.1. The summed E-state index contributed by atoms with van der Waals surface area (Å²) >= 11 is 0. The molecule has 0 N–H and O–H groups in total. The lowest BCUT2D eigenvalue weighted by molar-refractivity contribution is -0.133. The van der Waals surface area contributed by atoms with Gasteiger partial charge in [0.25, 0.3) is 0 Å². The summed E-state index contributed by atoms with van der Waals surface area (Å²) in [7, 11) is 2.83. The molecule has 0 saturated carbocycles. The molecule has 1 aliphatic heterocycles. The van der Waals surface area contributed by atoms with Crippen LogP contribution in [-0.4, -0.2) is 51.5 Å². The zero-order valence-electron chi connectivity index (χ0n) is 16.1. The number of carbonyl (C=O) groups excluding carboxylic acids is 1. The van der Waals surface area contributed by atoms with Gasteiger partial charge in [0.1, 0.15) is 18.0 Å². The number of ether oxygens (including phenoxy) is 4. The predicted octanol–water partition coefficient (Wildman–Crippen LogP) is 2.66. The minimum absolute atomic E-state index is 0.258. The lowest BCUT2D eigenvalue weighted by atomic mass is 10.0. The number of nitrogens with zero attached hydrogens (tertiary/aromatic N) is 2. The van der Waals surface area contributed by atoms with E-state index in [0.29, 0.717) is 30.2 Å². The minimum atomic E-state index is -0.471. The van der Waals surface area contributed by atoms with Gasteiger partial charge in [0.2, 0.25) is 5.88 Å². The van der Waals surface area contributed by atoms with E-state index in [1.807, 2.05) is 42.5 Å². The standard InChI is InChI=1S/C21H24N2O5/c1-25-15-18(21(24)26-2)17-7-4-3-6-16(17)14-28-20-9-5-8-19(22-20)23-10-12-27-13-11-23/h3-9,15H,10-14H2,1-2H3. The number of carbonyl (C=O) groups is 1. The molecule has 1 saturated heterocycles. The number of aromatic nitrogens is 1. The molecule has 3 rings (SSSR count). The van der Waals surface area contributed by atoms with Crippen molar-refractivity contribution in [3.8, 4) is 5.88 Å². The van der Waals surface area contributed by atoms with Gasteiger partial charge in [0, 0.05) is 19.2 Å². The topological polar surface area (TPSA) is 70.1 Å². The van der Waals surface area contributed by atoms with Crippen LogP contribution in [0.2, 0.25) is 0 Å². The fraction of sp³-hybridized carbons (Fsp3) is 0.333. The largest absolute Gasteiger partial charge is 0.503 e. The van der Waals surface area contributed by atoms with Gasteiger partial charge in [-0.15, -0.1) is 0 Å². The SMILES string of the molecule is COC=C(C(=O)OC)c1ccccc1COc1cccc(N2CCOCC2)n1. The Hall–Kier alpha value is -3.06. The van der Waals surface area contributed by atoms with Crippen LogP contribution in [-0.2, 0) is 25.6 Å². The lowest BCUT2D eigenvalue weighted by Gasteiger charge is -2.27. The van der Waals surface area contributed by atoms with Crippen molar-refractivity contribution in [3.05, 3.63) is 59.9 Å². The van der Waals surface area contributed by atoms with Crippen molar-refractivity contribution in [3.63, 3.8) is 0 Å². The second-order valence-corrected chi connectivity index (χ2v) is 6.14. The number of hydrogen-bond acceptors (Lipinski definition) is 7. The summed E-state index contributed by atoms with van der Waals surface area (Å²) in [5.41, 5.74) is 1.86. The minimum Gasteiger partial charge on any atom is -0.503 e. The van der Waals surface area contributed by atoms with E-state index in [1.54, 1.807) is 0 Å². The van der Waals surface area contributed by atoms with Crippen LogP contribution in [0, 0.1) is 0 Å². The van der Waals surface area contributed by atoms with E-state index in [2.05, 4.69) is 9.88 Å². The molecule has 28 heavy (non-hydrogen) atoms. The molecule has 2 heterocycles. The van der Waals surface area contributed by atoms with Crippen molar-refractivity contribution < 1.29 is 23.7 Å². The molecule has 0 unspecified atom stereocenters. The van der Waals surface area contributed by atoms with E-state index >= 15 is 0 Å². The molecular formula is C21H24N2O5. The molecule has 7 nitrogen and oxygen atoms in total. The highest BCUT2D eigenvalue weighted by Crippen LogP contribution is 2.23. The van der Waals surface area contributed by atoms with E-state index in [1.165, 1.54) is 20.5 Å². The van der Waals surface area contributed by atoms with E-state index in [4.69, 9.17) is 18.9 Å². The van der Waals surface area contributed by atoms with Gasteiger partial charge >= 0.3 is 5.97 Å². The number of esters is 1. The average Bonchev–Trinajstić information content (AvgIpc) is 2.76. The number of methoxy groups -OCH3 is 2. The molecule has 7 heteroatoms. The van der Waals surface area contributed by atoms with Gasteiger partial charge in [-0.1, -0.05) is 30.3 Å². The first-order chi connectivity index (χ1) is 13.7. The van der Waals surface area contributed by atoms with Crippen LogP contribution >= 0.6 is 0 Å². The van der Waals surface area contributed by atoms with Crippen LogP contribution in [0.1, 0.15) is 11.1 Å². The van der Waals surface area contributed by atoms with Crippen molar-refractivity contribution in [1.82, 2.24) is 4.98 Å². The number of anilines is 1. The Kier molecular flexibility index (Phi) is 6.86. The first kappa shape index (κ1) is 19.7. The zero-order chi connectivity index (χ0) is 19.8. The Labute approximate surface area is 164 Å². The second-order valence-electron chi connectivity index (χ2n) is 6.14. The van der Waals surface area contributed by atoms with Crippen molar-refractivity contribution in [2.45, 2.75) is 6.61 Å². The van der Waals surface area contributed by atoms with E-state index in [0.717, 1.165) is 24.5 Å². The lowest BCUT2D eigenvalue weighted by Crippen LogP contribution is -2.36. The molecular weight excluding hydrogens is 360 g/mol. The number of pyridine rings is 1. The Morgan fingerprint density at radius 2 is 1.93 bits per heavy atom. The van der Waals surface area contributed by atoms with Crippen LogP contribution in [0.4, 0.5) is 5.82 Å². The maximum atomic E-state index is 12.1. The fourth-order valence-corrected chi connectivity index (χ4v) is 2.96. The highest BCUT2D eigenvalue weighted by Gasteiger charge is 2.17. The molecule has 0 amide bonds. The molecule has 1 aromatic carbocycles. The summed E-state index contributed by atoms with van der Waals surface area (Å²) < 4.78 is 21.2. The third-order valence-corrected chi connectivity index (χ3v) is 4.37. The quantitative estimate of drug-likeness (QED) is 0.413. The highest BCUT2D eigenvalue weighted by molar-refractivity contribution is 6.16. The summed E-state index contributed by atoms with van der Waals surface area (Å²) in [4.78, 5) is 18.9.